The van der Waals surface area contributed by atoms with Gasteiger partial charge in [-0.15, -0.1) is 0 Å². The van der Waals surface area contributed by atoms with Crippen molar-refractivity contribution < 1.29 is 0 Å². The highest BCUT2D eigenvalue weighted by molar-refractivity contribution is 6.30. The standard InChI is InChI=1S/C24H22ClN7O2/c1-29-20-21(30(2)24(34)31(3)22(20)33)27-23(29)28-26-12-16-14-32(19-7-5-4-6-18(16)19)13-15-8-10-17(25)11-9-15/h4-12,14H,13H2,1-3H3,(H,27,28). The van der Waals surface area contributed by atoms with E-state index >= 15 is 0 Å². The van der Waals surface area contributed by atoms with Crippen molar-refractivity contribution in [1.29, 1.82) is 0 Å². The Balaban J connectivity index is 1.48. The predicted molar refractivity (Wildman–Crippen MR) is 135 cm³/mol. The molecule has 0 radical (unpaired) electrons. The third kappa shape index (κ3) is 3.60. The molecule has 0 aliphatic heterocycles. The maximum Gasteiger partial charge on any atom is 0.332 e. The summed E-state index contributed by atoms with van der Waals surface area (Å²) in [5.41, 5.74) is 5.84. The van der Waals surface area contributed by atoms with Crippen LogP contribution < -0.4 is 16.7 Å². The number of halogens is 1. The Labute approximate surface area is 199 Å². The molecule has 3 aromatic heterocycles. The molecule has 3 heterocycles. The minimum Gasteiger partial charge on any atom is -0.342 e. The largest absolute Gasteiger partial charge is 0.342 e. The van der Waals surface area contributed by atoms with Gasteiger partial charge in [0, 0.05) is 55.4 Å². The van der Waals surface area contributed by atoms with Gasteiger partial charge in [-0.2, -0.15) is 10.1 Å². The van der Waals surface area contributed by atoms with E-state index in [2.05, 4.69) is 26.1 Å². The van der Waals surface area contributed by atoms with E-state index in [1.54, 1.807) is 24.9 Å². The maximum absolute atomic E-state index is 12.6. The quantitative estimate of drug-likeness (QED) is 0.312. The summed E-state index contributed by atoms with van der Waals surface area (Å²) in [4.78, 5) is 29.2. The lowest BCUT2D eigenvalue weighted by Gasteiger charge is -2.05. The maximum atomic E-state index is 12.6. The second-order valence-electron chi connectivity index (χ2n) is 8.10. The molecule has 10 heteroatoms. The molecule has 2 aromatic carbocycles. The van der Waals surface area contributed by atoms with Crippen LogP contribution in [0.25, 0.3) is 22.1 Å². The summed E-state index contributed by atoms with van der Waals surface area (Å²) >= 11 is 6.02. The van der Waals surface area contributed by atoms with Crippen LogP contribution in [0, 0.1) is 0 Å². The summed E-state index contributed by atoms with van der Waals surface area (Å²) in [5.74, 6) is 0.356. The summed E-state index contributed by atoms with van der Waals surface area (Å²) in [6, 6.07) is 15.9. The molecule has 172 valence electrons. The zero-order valence-corrected chi connectivity index (χ0v) is 19.6. The predicted octanol–water partition coefficient (Wildman–Crippen LogP) is 3.07. The van der Waals surface area contributed by atoms with Gasteiger partial charge in [0.1, 0.15) is 0 Å². The Bertz CT molecular complexity index is 1690. The molecule has 1 N–H and O–H groups in total. The fourth-order valence-corrected chi connectivity index (χ4v) is 4.20. The molecule has 0 unspecified atom stereocenters. The van der Waals surface area contributed by atoms with Crippen LogP contribution in [0.2, 0.25) is 5.02 Å². The van der Waals surface area contributed by atoms with Crippen LogP contribution in [0.15, 0.2) is 69.4 Å². The van der Waals surface area contributed by atoms with Gasteiger partial charge >= 0.3 is 5.69 Å². The average Bonchev–Trinajstić information content (AvgIpc) is 3.36. The molecule has 0 saturated carbocycles. The van der Waals surface area contributed by atoms with Gasteiger partial charge in [0.05, 0.1) is 6.21 Å². The zero-order chi connectivity index (χ0) is 24.0. The van der Waals surface area contributed by atoms with Crippen LogP contribution in [0.3, 0.4) is 0 Å². The summed E-state index contributed by atoms with van der Waals surface area (Å²) in [6.45, 7) is 0.695. The van der Waals surface area contributed by atoms with E-state index in [1.165, 1.54) is 11.6 Å². The van der Waals surface area contributed by atoms with Crippen molar-refractivity contribution in [3.8, 4) is 0 Å². The number of hydrazone groups is 1. The molecule has 0 bridgehead atoms. The highest BCUT2D eigenvalue weighted by Gasteiger charge is 2.16. The van der Waals surface area contributed by atoms with Gasteiger partial charge in [0.15, 0.2) is 11.2 Å². The molecule has 0 atom stereocenters. The van der Waals surface area contributed by atoms with E-state index in [0.29, 0.717) is 28.7 Å². The lowest BCUT2D eigenvalue weighted by molar-refractivity contribution is 0.705. The normalized spacial score (nSPS) is 11.8. The third-order valence-corrected chi connectivity index (χ3v) is 6.18. The number of fused-ring (bicyclic) bond motifs is 2. The van der Waals surface area contributed by atoms with E-state index in [0.717, 1.165) is 26.6 Å². The van der Waals surface area contributed by atoms with Crippen LogP contribution in [0.4, 0.5) is 5.95 Å². The first-order chi connectivity index (χ1) is 16.3. The van der Waals surface area contributed by atoms with Gasteiger partial charge in [0.25, 0.3) is 5.56 Å². The van der Waals surface area contributed by atoms with Gasteiger partial charge in [-0.05, 0) is 23.8 Å². The second-order valence-corrected chi connectivity index (χ2v) is 8.53. The number of nitrogens with one attached hydrogen (secondary N) is 1. The fraction of sp³-hybridized carbons (Fsp3) is 0.167. The molecular weight excluding hydrogens is 454 g/mol. The van der Waals surface area contributed by atoms with E-state index in [9.17, 15) is 9.59 Å². The summed E-state index contributed by atoms with van der Waals surface area (Å²) in [5, 5.41) is 6.14. The van der Waals surface area contributed by atoms with E-state index in [1.807, 2.05) is 48.7 Å². The first-order valence-electron chi connectivity index (χ1n) is 10.6. The highest BCUT2D eigenvalue weighted by atomic mass is 35.5. The molecule has 5 aromatic rings. The van der Waals surface area contributed by atoms with Crippen molar-refractivity contribution in [2.75, 3.05) is 5.43 Å². The summed E-state index contributed by atoms with van der Waals surface area (Å²) in [7, 11) is 4.74. The number of hydrogen-bond acceptors (Lipinski definition) is 5. The molecule has 0 saturated heterocycles. The van der Waals surface area contributed by atoms with E-state index in [4.69, 9.17) is 11.6 Å². The molecule has 0 spiro atoms. The fourth-order valence-electron chi connectivity index (χ4n) is 4.07. The first kappa shape index (κ1) is 21.7. The van der Waals surface area contributed by atoms with Gasteiger partial charge in [0.2, 0.25) is 5.95 Å². The molecular formula is C24H22ClN7O2. The topological polar surface area (TPSA) is 91.1 Å². The van der Waals surface area contributed by atoms with E-state index in [-0.39, 0.29) is 0 Å². The number of anilines is 1. The Morgan fingerprint density at radius 1 is 1.00 bits per heavy atom. The Kier molecular flexibility index (Phi) is 5.33. The number of hydrogen-bond donors (Lipinski definition) is 1. The summed E-state index contributed by atoms with van der Waals surface area (Å²) in [6.07, 6.45) is 3.76. The summed E-state index contributed by atoms with van der Waals surface area (Å²) < 4.78 is 6.16. The van der Waals surface area contributed by atoms with Crippen molar-refractivity contribution in [2.45, 2.75) is 6.54 Å². The van der Waals surface area contributed by atoms with Crippen LogP contribution in [-0.4, -0.2) is 29.5 Å². The smallest absolute Gasteiger partial charge is 0.332 e. The number of aromatic nitrogens is 5. The van der Waals surface area contributed by atoms with Crippen LogP contribution in [0.5, 0.6) is 0 Å². The van der Waals surface area contributed by atoms with Gasteiger partial charge in [-0.25, -0.2) is 10.2 Å². The minimum atomic E-state index is -0.431. The number of imidazole rings is 1. The van der Waals surface area contributed by atoms with Crippen molar-refractivity contribution >= 4 is 45.8 Å². The minimum absolute atomic E-state index is 0.299. The molecule has 0 fully saturated rings. The second kappa shape index (κ2) is 8.35. The Hall–Kier alpha value is -4.11. The van der Waals surface area contributed by atoms with Gasteiger partial charge < -0.3 is 9.13 Å². The number of aryl methyl sites for hydroxylation is 2. The van der Waals surface area contributed by atoms with Crippen molar-refractivity contribution in [3.63, 3.8) is 0 Å². The molecule has 0 amide bonds. The average molecular weight is 476 g/mol. The SMILES string of the molecule is Cn1c(=O)c2c(nc(NN=Cc3cn(Cc4ccc(Cl)cc4)c4ccccc34)n2C)n(C)c1=O. The van der Waals surface area contributed by atoms with Crippen molar-refractivity contribution in [3.05, 3.63) is 91.7 Å². The Morgan fingerprint density at radius 3 is 2.50 bits per heavy atom. The lowest BCUT2D eigenvalue weighted by Crippen LogP contribution is -2.37. The highest BCUT2D eigenvalue weighted by Crippen LogP contribution is 2.22. The number of rotatable bonds is 5. The number of para-hydroxylation sites is 1. The van der Waals surface area contributed by atoms with Crippen LogP contribution in [0.1, 0.15) is 11.1 Å². The Morgan fingerprint density at radius 2 is 1.74 bits per heavy atom. The zero-order valence-electron chi connectivity index (χ0n) is 18.9. The number of benzene rings is 2. The molecule has 9 nitrogen and oxygen atoms in total. The number of nitrogens with zero attached hydrogens (tertiary/aromatic N) is 6. The first-order valence-corrected chi connectivity index (χ1v) is 11.0. The monoisotopic (exact) mass is 475 g/mol. The molecule has 0 aliphatic rings. The molecule has 5 rings (SSSR count). The van der Waals surface area contributed by atoms with Crippen molar-refractivity contribution in [2.24, 2.45) is 26.2 Å². The third-order valence-electron chi connectivity index (χ3n) is 5.93. The molecule has 0 aliphatic carbocycles. The van der Waals surface area contributed by atoms with Crippen molar-refractivity contribution in [1.82, 2.24) is 23.3 Å². The van der Waals surface area contributed by atoms with Gasteiger partial charge in [-0.1, -0.05) is 41.9 Å². The van der Waals surface area contributed by atoms with Gasteiger partial charge in [-0.3, -0.25) is 13.9 Å². The van der Waals surface area contributed by atoms with Crippen LogP contribution in [-0.2, 0) is 27.7 Å². The lowest BCUT2D eigenvalue weighted by atomic mass is 10.2. The van der Waals surface area contributed by atoms with E-state index < -0.39 is 11.2 Å². The van der Waals surface area contributed by atoms with Crippen LogP contribution >= 0.6 is 11.6 Å². The molecule has 34 heavy (non-hydrogen) atoms.